The molecule has 0 radical (unpaired) electrons. The summed E-state index contributed by atoms with van der Waals surface area (Å²) in [6.07, 6.45) is -1.01. The first-order valence-electron chi connectivity index (χ1n) is 12.2. The number of rotatable bonds is 12. The van der Waals surface area contributed by atoms with Gasteiger partial charge in [0.15, 0.2) is 0 Å². The SMILES string of the molecule is Cc1cc(F)c(S(=O)(=O)N(Cc2cccs2)C[C@@H](O)[C@H](Cc2ccccc2)NC(=O)Cc2cccs2)cc1F. The Hall–Kier alpha value is -2.96. The third-order valence-electron chi connectivity index (χ3n) is 6.16. The first-order valence-corrected chi connectivity index (χ1v) is 15.4. The highest BCUT2D eigenvalue weighted by atomic mass is 32.2. The van der Waals surface area contributed by atoms with E-state index in [0.717, 1.165) is 20.8 Å². The standard InChI is InChI=1S/C28H28F2N2O4S3/c1-19-13-24(30)27(16-23(19)29)39(35,36)32(17-22-10-6-12-38-22)18-26(33)25(14-20-7-3-2-4-8-20)31-28(34)15-21-9-5-11-37-21/h2-13,16,25-26,33H,14-15,17-18H2,1H3,(H,31,34)/t25-,26+/m0/s1. The van der Waals surface area contributed by atoms with Crippen molar-refractivity contribution in [3.05, 3.63) is 110 Å². The van der Waals surface area contributed by atoms with Crippen molar-refractivity contribution < 1.29 is 27.1 Å². The second kappa shape index (κ2) is 12.9. The molecule has 4 aromatic rings. The number of hydrogen-bond donors (Lipinski definition) is 2. The van der Waals surface area contributed by atoms with E-state index in [-0.39, 0.29) is 30.9 Å². The van der Waals surface area contributed by atoms with Gasteiger partial charge in [-0.2, -0.15) is 4.31 Å². The van der Waals surface area contributed by atoms with Gasteiger partial charge in [0.2, 0.25) is 15.9 Å². The van der Waals surface area contributed by atoms with Gasteiger partial charge in [-0.05, 0) is 59.5 Å². The Kier molecular flexibility index (Phi) is 9.62. The van der Waals surface area contributed by atoms with Crippen molar-refractivity contribution in [2.75, 3.05) is 6.54 Å². The third-order valence-corrected chi connectivity index (χ3v) is 9.72. The zero-order valence-corrected chi connectivity index (χ0v) is 23.5. The van der Waals surface area contributed by atoms with E-state index in [4.69, 9.17) is 0 Å². The molecular weight excluding hydrogens is 563 g/mol. The summed E-state index contributed by atoms with van der Waals surface area (Å²) < 4.78 is 57.3. The molecule has 0 aliphatic rings. The lowest BCUT2D eigenvalue weighted by atomic mass is 10.0. The summed E-state index contributed by atoms with van der Waals surface area (Å²) in [6.45, 7) is 0.730. The van der Waals surface area contributed by atoms with Gasteiger partial charge in [-0.25, -0.2) is 17.2 Å². The van der Waals surface area contributed by atoms with Crippen LogP contribution in [0.5, 0.6) is 0 Å². The molecule has 0 fully saturated rings. The van der Waals surface area contributed by atoms with Gasteiger partial charge < -0.3 is 10.4 Å². The minimum atomic E-state index is -4.56. The lowest BCUT2D eigenvalue weighted by Gasteiger charge is -2.30. The number of aliphatic hydroxyl groups is 1. The number of nitrogens with one attached hydrogen (secondary N) is 1. The average Bonchev–Trinajstić information content (AvgIpc) is 3.60. The van der Waals surface area contributed by atoms with E-state index in [1.165, 1.54) is 29.6 Å². The van der Waals surface area contributed by atoms with Gasteiger partial charge in [0.1, 0.15) is 16.5 Å². The van der Waals surface area contributed by atoms with Crippen LogP contribution in [0.15, 0.2) is 82.4 Å². The van der Waals surface area contributed by atoms with Crippen LogP contribution in [-0.2, 0) is 34.2 Å². The Balaban J connectivity index is 1.63. The average molecular weight is 591 g/mol. The van der Waals surface area contributed by atoms with E-state index in [2.05, 4.69) is 5.32 Å². The summed E-state index contributed by atoms with van der Waals surface area (Å²) in [4.78, 5) is 13.5. The second-order valence-electron chi connectivity index (χ2n) is 9.10. The van der Waals surface area contributed by atoms with Gasteiger partial charge in [0, 0.05) is 22.8 Å². The number of amides is 1. The van der Waals surface area contributed by atoms with E-state index >= 15 is 0 Å². The summed E-state index contributed by atoms with van der Waals surface area (Å²) in [5.41, 5.74) is 0.810. The minimum absolute atomic E-state index is 0.0207. The number of thiophene rings is 2. The fourth-order valence-electron chi connectivity index (χ4n) is 4.11. The third kappa shape index (κ3) is 7.58. The fourth-order valence-corrected chi connectivity index (χ4v) is 7.10. The monoisotopic (exact) mass is 590 g/mol. The molecule has 0 saturated heterocycles. The molecule has 0 saturated carbocycles. The second-order valence-corrected chi connectivity index (χ2v) is 13.1. The molecule has 2 aromatic carbocycles. The van der Waals surface area contributed by atoms with E-state index in [9.17, 15) is 27.1 Å². The lowest BCUT2D eigenvalue weighted by Crippen LogP contribution is -2.50. The molecule has 0 unspecified atom stereocenters. The Labute approximate surface area is 234 Å². The molecule has 0 bridgehead atoms. The van der Waals surface area contributed by atoms with Crippen LogP contribution in [0.3, 0.4) is 0 Å². The Morgan fingerprint density at radius 2 is 1.64 bits per heavy atom. The van der Waals surface area contributed by atoms with E-state index in [0.29, 0.717) is 10.9 Å². The Morgan fingerprint density at radius 1 is 0.974 bits per heavy atom. The predicted molar refractivity (Wildman–Crippen MR) is 149 cm³/mol. The highest BCUT2D eigenvalue weighted by Crippen LogP contribution is 2.26. The van der Waals surface area contributed by atoms with Crippen LogP contribution < -0.4 is 5.32 Å². The Bertz CT molecular complexity index is 1480. The fraction of sp³-hybridized carbons (Fsp3) is 0.250. The van der Waals surface area contributed by atoms with E-state index < -0.39 is 45.2 Å². The molecule has 0 aliphatic heterocycles. The highest BCUT2D eigenvalue weighted by Gasteiger charge is 2.33. The molecule has 1 amide bonds. The van der Waals surface area contributed by atoms with Crippen molar-refractivity contribution in [1.29, 1.82) is 0 Å². The van der Waals surface area contributed by atoms with Crippen LogP contribution >= 0.6 is 22.7 Å². The van der Waals surface area contributed by atoms with Crippen LogP contribution in [0, 0.1) is 18.6 Å². The number of aryl methyl sites for hydroxylation is 1. The number of carbonyl (C=O) groups is 1. The van der Waals surface area contributed by atoms with Crippen molar-refractivity contribution in [3.8, 4) is 0 Å². The molecule has 2 heterocycles. The highest BCUT2D eigenvalue weighted by molar-refractivity contribution is 7.89. The molecule has 0 spiro atoms. The largest absolute Gasteiger partial charge is 0.390 e. The number of hydrogen-bond acceptors (Lipinski definition) is 6. The van der Waals surface area contributed by atoms with Crippen LogP contribution in [0.4, 0.5) is 8.78 Å². The maximum absolute atomic E-state index is 14.8. The number of nitrogens with zero attached hydrogens (tertiary/aromatic N) is 1. The zero-order valence-electron chi connectivity index (χ0n) is 21.1. The molecule has 206 valence electrons. The van der Waals surface area contributed by atoms with Gasteiger partial charge >= 0.3 is 0 Å². The topological polar surface area (TPSA) is 86.7 Å². The maximum atomic E-state index is 14.8. The van der Waals surface area contributed by atoms with Crippen molar-refractivity contribution in [1.82, 2.24) is 9.62 Å². The smallest absolute Gasteiger partial charge is 0.246 e. The normalized spacial score (nSPS) is 13.4. The van der Waals surface area contributed by atoms with Crippen LogP contribution in [0.2, 0.25) is 0 Å². The summed E-state index contributed by atoms with van der Waals surface area (Å²) in [5, 5.41) is 17.8. The first kappa shape index (κ1) is 29.0. The van der Waals surface area contributed by atoms with Crippen molar-refractivity contribution in [2.45, 2.75) is 43.4 Å². The van der Waals surface area contributed by atoms with Crippen LogP contribution in [0.1, 0.15) is 20.9 Å². The number of aliphatic hydroxyl groups excluding tert-OH is 1. The van der Waals surface area contributed by atoms with Gasteiger partial charge in [-0.1, -0.05) is 42.5 Å². The molecule has 39 heavy (non-hydrogen) atoms. The molecule has 2 aromatic heterocycles. The first-order chi connectivity index (χ1) is 18.6. The van der Waals surface area contributed by atoms with E-state index in [1.807, 2.05) is 47.8 Å². The zero-order chi connectivity index (χ0) is 28.0. The summed E-state index contributed by atoms with van der Waals surface area (Å²) >= 11 is 2.73. The molecule has 0 aliphatic carbocycles. The number of sulfonamides is 1. The minimum Gasteiger partial charge on any atom is -0.390 e. The molecule has 2 N–H and O–H groups in total. The van der Waals surface area contributed by atoms with Gasteiger partial charge in [0.05, 0.1) is 18.6 Å². The number of carbonyl (C=O) groups excluding carboxylic acids is 1. The quantitative estimate of drug-likeness (QED) is 0.245. The van der Waals surface area contributed by atoms with Crippen molar-refractivity contribution in [3.63, 3.8) is 0 Å². The summed E-state index contributed by atoms with van der Waals surface area (Å²) in [5.74, 6) is -2.25. The lowest BCUT2D eigenvalue weighted by molar-refractivity contribution is -0.122. The molecule has 2 atom stereocenters. The van der Waals surface area contributed by atoms with Crippen LogP contribution in [0.25, 0.3) is 0 Å². The molecular formula is C28H28F2N2O4S3. The van der Waals surface area contributed by atoms with E-state index in [1.54, 1.807) is 17.5 Å². The molecule has 11 heteroatoms. The number of halogens is 2. The predicted octanol–water partition coefficient (Wildman–Crippen LogP) is 4.92. The molecule has 4 rings (SSSR count). The van der Waals surface area contributed by atoms with Gasteiger partial charge in [0.25, 0.3) is 0 Å². The van der Waals surface area contributed by atoms with Crippen LogP contribution in [-0.4, -0.2) is 42.4 Å². The molecule has 6 nitrogen and oxygen atoms in total. The summed E-state index contributed by atoms with van der Waals surface area (Å²) in [6, 6.07) is 17.0. The van der Waals surface area contributed by atoms with Gasteiger partial charge in [-0.15, -0.1) is 22.7 Å². The van der Waals surface area contributed by atoms with Crippen molar-refractivity contribution >= 4 is 38.6 Å². The number of benzene rings is 2. The van der Waals surface area contributed by atoms with Gasteiger partial charge in [-0.3, -0.25) is 4.79 Å². The maximum Gasteiger partial charge on any atom is 0.246 e. The van der Waals surface area contributed by atoms with Crippen molar-refractivity contribution in [2.24, 2.45) is 0 Å². The summed E-state index contributed by atoms with van der Waals surface area (Å²) in [7, 11) is -4.56. The Morgan fingerprint density at radius 3 is 2.28 bits per heavy atom.